The van der Waals surface area contributed by atoms with Gasteiger partial charge in [-0.1, -0.05) is 5.73 Å². The smallest absolute Gasteiger partial charge is 0.312 e. The van der Waals surface area contributed by atoms with Gasteiger partial charge in [-0.05, 0) is 6.42 Å². The van der Waals surface area contributed by atoms with Gasteiger partial charge in [-0.15, -0.1) is 0 Å². The molecule has 0 spiro atoms. The lowest BCUT2D eigenvalue weighted by Gasteiger charge is -2.31. The monoisotopic (exact) mass is 234 g/mol. The van der Waals surface area contributed by atoms with Crippen LogP contribution in [0.2, 0.25) is 0 Å². The predicted octanol–water partition coefficient (Wildman–Crippen LogP) is -0.140. The molecule has 0 bridgehead atoms. The van der Waals surface area contributed by atoms with E-state index in [4.69, 9.17) is 18.1 Å². The van der Waals surface area contributed by atoms with Gasteiger partial charge in [0.1, 0.15) is 13.4 Å². The molecule has 1 aliphatic carbocycles. The first-order valence-corrected chi connectivity index (χ1v) is 4.52. The van der Waals surface area contributed by atoms with E-state index in [9.17, 15) is 18.3 Å². The summed E-state index contributed by atoms with van der Waals surface area (Å²) in [5, 5.41) is 27.4. The van der Waals surface area contributed by atoms with Crippen molar-refractivity contribution in [3.63, 3.8) is 0 Å². The van der Waals surface area contributed by atoms with Gasteiger partial charge in [0, 0.05) is 18.6 Å². The Labute approximate surface area is 91.3 Å². The van der Waals surface area contributed by atoms with Gasteiger partial charge < -0.3 is 15.3 Å². The molecule has 3 nitrogen and oxygen atoms in total. The third-order valence-corrected chi connectivity index (χ3v) is 2.78. The van der Waals surface area contributed by atoms with Crippen molar-refractivity contribution in [2.24, 2.45) is 5.92 Å². The molecule has 0 amide bonds. The molecule has 0 saturated heterocycles. The van der Waals surface area contributed by atoms with E-state index in [2.05, 4.69) is 0 Å². The topological polar surface area (TPSA) is 60.7 Å². The van der Waals surface area contributed by atoms with Crippen molar-refractivity contribution in [3.05, 3.63) is 17.9 Å². The minimum Gasteiger partial charge on any atom is -0.399 e. The number of halogens is 3. The molecule has 7 heteroatoms. The highest BCUT2D eigenvalue weighted by molar-refractivity contribution is 6.12. The molecular formula is C9H10BF3O3. The fraction of sp³-hybridized carbons (Fsp3) is 0.667. The van der Waals surface area contributed by atoms with Gasteiger partial charge >= 0.3 is 6.08 Å². The van der Waals surface area contributed by atoms with Crippen molar-refractivity contribution in [2.75, 3.05) is 6.61 Å². The first kappa shape index (κ1) is 13.3. The Morgan fingerprint density at radius 2 is 2.25 bits per heavy atom. The molecule has 0 aromatic heterocycles. The highest BCUT2D eigenvalue weighted by atomic mass is 19.3. The van der Waals surface area contributed by atoms with Gasteiger partial charge in [0.25, 0.3) is 0 Å². The lowest BCUT2D eigenvalue weighted by Crippen LogP contribution is -2.50. The highest BCUT2D eigenvalue weighted by Gasteiger charge is 2.67. The van der Waals surface area contributed by atoms with Crippen molar-refractivity contribution in [2.45, 2.75) is 23.7 Å². The van der Waals surface area contributed by atoms with Crippen LogP contribution >= 0.6 is 0 Å². The maximum absolute atomic E-state index is 14.1. The largest absolute Gasteiger partial charge is 0.399 e. The summed E-state index contributed by atoms with van der Waals surface area (Å²) in [6.07, 6.45) is -2.27. The van der Waals surface area contributed by atoms with Gasteiger partial charge in [-0.25, -0.2) is 4.39 Å². The molecular weight excluding hydrogens is 224 g/mol. The molecule has 3 unspecified atom stereocenters. The second kappa shape index (κ2) is 4.26. The number of aliphatic hydroxyl groups excluding tert-OH is 2. The Morgan fingerprint density at radius 3 is 2.56 bits per heavy atom. The lowest BCUT2D eigenvalue weighted by atomic mass is 9.78. The maximum Gasteiger partial charge on any atom is 0.312 e. The van der Waals surface area contributed by atoms with Gasteiger partial charge in [0.05, 0.1) is 6.00 Å². The van der Waals surface area contributed by atoms with Crippen LogP contribution in [-0.2, 0) is 0 Å². The standard InChI is InChI=1S/C9H10BF3O3/c10-7(15)8(13,2-1-6(11)12)9(16)3-5(9)4-14/h2,5,7,14-16H,3-4H2/t5?,7-,8?,9?/m1/s1. The second-order valence-corrected chi connectivity index (χ2v) is 3.77. The summed E-state index contributed by atoms with van der Waals surface area (Å²) >= 11 is 0. The van der Waals surface area contributed by atoms with E-state index in [1.807, 2.05) is 0 Å². The fourth-order valence-corrected chi connectivity index (χ4v) is 1.63. The number of hydrogen-bond donors (Lipinski definition) is 3. The van der Waals surface area contributed by atoms with Crippen molar-refractivity contribution in [3.8, 4) is 0 Å². The quantitative estimate of drug-likeness (QED) is 0.468. The first-order valence-electron chi connectivity index (χ1n) is 4.52. The SMILES string of the molecule is [B][C@H](O)C(F)(C=C=C(F)F)C1(O)CC1CO. The Bertz CT molecular complexity index is 339. The summed E-state index contributed by atoms with van der Waals surface area (Å²) in [6.45, 7) is -0.523. The molecule has 2 radical (unpaired) electrons. The zero-order valence-electron chi connectivity index (χ0n) is 8.20. The van der Waals surface area contributed by atoms with Crippen LogP contribution in [0.4, 0.5) is 13.2 Å². The van der Waals surface area contributed by atoms with E-state index in [-0.39, 0.29) is 12.5 Å². The second-order valence-electron chi connectivity index (χ2n) is 3.77. The van der Waals surface area contributed by atoms with E-state index in [1.165, 1.54) is 5.73 Å². The van der Waals surface area contributed by atoms with Gasteiger partial charge in [-0.3, -0.25) is 0 Å². The van der Waals surface area contributed by atoms with Gasteiger partial charge in [0.15, 0.2) is 5.67 Å². The molecule has 0 aliphatic heterocycles. The van der Waals surface area contributed by atoms with Gasteiger partial charge in [0.2, 0.25) is 0 Å². The van der Waals surface area contributed by atoms with Crippen LogP contribution in [0.1, 0.15) is 6.42 Å². The molecule has 16 heavy (non-hydrogen) atoms. The Hall–Kier alpha value is -0.745. The summed E-state index contributed by atoms with van der Waals surface area (Å²) in [7, 11) is 4.91. The van der Waals surface area contributed by atoms with Crippen molar-refractivity contribution in [1.29, 1.82) is 0 Å². The van der Waals surface area contributed by atoms with E-state index >= 15 is 0 Å². The average molecular weight is 234 g/mol. The van der Waals surface area contributed by atoms with Crippen LogP contribution in [0.15, 0.2) is 17.9 Å². The molecule has 4 atom stereocenters. The van der Waals surface area contributed by atoms with E-state index in [1.54, 1.807) is 0 Å². The van der Waals surface area contributed by atoms with Crippen molar-refractivity contribution >= 4 is 7.85 Å². The zero-order valence-corrected chi connectivity index (χ0v) is 8.20. The number of alkyl halides is 1. The molecule has 1 fully saturated rings. The zero-order chi connectivity index (χ0) is 12.6. The minimum absolute atomic E-state index is 0.166. The van der Waals surface area contributed by atoms with Crippen LogP contribution in [0.5, 0.6) is 0 Å². The summed E-state index contributed by atoms with van der Waals surface area (Å²) in [5.41, 5.74) is -3.82. The van der Waals surface area contributed by atoms with E-state index in [0.29, 0.717) is 0 Å². The third kappa shape index (κ3) is 2.04. The molecule has 88 valence electrons. The number of hydrogen-bond acceptors (Lipinski definition) is 3. The molecule has 1 rings (SSSR count). The number of rotatable bonds is 4. The average Bonchev–Trinajstić information content (AvgIpc) is 2.87. The molecule has 1 saturated carbocycles. The fourth-order valence-electron chi connectivity index (χ4n) is 1.63. The lowest BCUT2D eigenvalue weighted by molar-refractivity contribution is -0.0603. The van der Waals surface area contributed by atoms with Crippen LogP contribution in [0, 0.1) is 5.92 Å². The van der Waals surface area contributed by atoms with Crippen LogP contribution in [0.3, 0.4) is 0 Å². The minimum atomic E-state index is -2.95. The molecule has 3 N–H and O–H groups in total. The predicted molar refractivity (Wildman–Crippen MR) is 49.6 cm³/mol. The van der Waals surface area contributed by atoms with Gasteiger partial charge in [-0.2, -0.15) is 8.78 Å². The Kier molecular flexibility index (Phi) is 3.54. The van der Waals surface area contributed by atoms with Crippen LogP contribution in [0.25, 0.3) is 0 Å². The summed E-state index contributed by atoms with van der Waals surface area (Å²) in [6, 6.07) is -2.18. The third-order valence-electron chi connectivity index (χ3n) is 2.78. The van der Waals surface area contributed by atoms with Crippen molar-refractivity contribution in [1.82, 2.24) is 0 Å². The Balaban J connectivity index is 3.05. The van der Waals surface area contributed by atoms with E-state index in [0.717, 1.165) is 0 Å². The molecule has 0 aromatic carbocycles. The molecule has 0 heterocycles. The normalized spacial score (nSPS) is 33.5. The summed E-state index contributed by atoms with van der Waals surface area (Å²) < 4.78 is 37.6. The highest BCUT2D eigenvalue weighted by Crippen LogP contribution is 2.54. The maximum atomic E-state index is 14.1. The summed E-state index contributed by atoms with van der Waals surface area (Å²) in [5.74, 6) is -0.837. The summed E-state index contributed by atoms with van der Waals surface area (Å²) in [4.78, 5) is 0. The van der Waals surface area contributed by atoms with Crippen LogP contribution < -0.4 is 0 Å². The van der Waals surface area contributed by atoms with Crippen molar-refractivity contribution < 1.29 is 28.5 Å². The molecule has 0 aromatic rings. The first-order chi connectivity index (χ1) is 7.28. The number of aliphatic hydroxyl groups is 3. The van der Waals surface area contributed by atoms with E-state index < -0.39 is 35.9 Å². The van der Waals surface area contributed by atoms with Crippen LogP contribution in [-0.4, -0.2) is 47.0 Å². The Morgan fingerprint density at radius 1 is 1.69 bits per heavy atom. The molecule has 1 aliphatic rings.